The minimum atomic E-state index is -0.415. The number of nitrogens with zero attached hydrogens (tertiary/aromatic N) is 1. The summed E-state index contributed by atoms with van der Waals surface area (Å²) in [4.78, 5) is 13.7. The second-order valence-electron chi connectivity index (χ2n) is 4.52. The Kier molecular flexibility index (Phi) is 4.66. The topological polar surface area (TPSA) is 61.8 Å². The van der Waals surface area contributed by atoms with Gasteiger partial charge in [-0.25, -0.2) is 4.79 Å². The number of urea groups is 1. The number of anilines is 1. The van der Waals surface area contributed by atoms with E-state index >= 15 is 0 Å². The van der Waals surface area contributed by atoms with E-state index in [1.165, 1.54) is 0 Å². The molecular formula is C13H17BrN2O3. The molecule has 1 aromatic carbocycles. The van der Waals surface area contributed by atoms with Crippen molar-refractivity contribution in [3.05, 3.63) is 22.7 Å². The van der Waals surface area contributed by atoms with Gasteiger partial charge in [0.1, 0.15) is 5.75 Å². The number of aliphatic hydroxyl groups excluding tert-OH is 1. The zero-order valence-electron chi connectivity index (χ0n) is 10.7. The lowest BCUT2D eigenvalue weighted by Gasteiger charge is -2.30. The van der Waals surface area contributed by atoms with Crippen molar-refractivity contribution in [3.8, 4) is 5.75 Å². The lowest BCUT2D eigenvalue weighted by molar-refractivity contribution is 0.0883. The zero-order chi connectivity index (χ0) is 13.8. The van der Waals surface area contributed by atoms with Crippen LogP contribution in [0, 0.1) is 0 Å². The van der Waals surface area contributed by atoms with Gasteiger partial charge in [0.15, 0.2) is 0 Å². The number of aliphatic hydroxyl groups is 1. The van der Waals surface area contributed by atoms with E-state index in [0.29, 0.717) is 24.5 Å². The lowest BCUT2D eigenvalue weighted by Crippen LogP contribution is -2.44. The number of hydrogen-bond acceptors (Lipinski definition) is 3. The number of ether oxygens (including phenoxy) is 1. The highest BCUT2D eigenvalue weighted by molar-refractivity contribution is 9.10. The molecule has 1 aliphatic rings. The van der Waals surface area contributed by atoms with E-state index in [9.17, 15) is 9.90 Å². The minimum Gasteiger partial charge on any atom is -0.496 e. The molecule has 0 spiro atoms. The van der Waals surface area contributed by atoms with Gasteiger partial charge in [0.2, 0.25) is 0 Å². The maximum atomic E-state index is 12.0. The Morgan fingerprint density at radius 1 is 1.58 bits per heavy atom. The zero-order valence-corrected chi connectivity index (χ0v) is 12.3. The summed E-state index contributed by atoms with van der Waals surface area (Å²) in [5, 5.41) is 12.4. The molecule has 2 N–H and O–H groups in total. The first-order chi connectivity index (χ1) is 9.10. The number of nitrogens with one attached hydrogen (secondary N) is 1. The molecule has 6 heteroatoms. The van der Waals surface area contributed by atoms with Gasteiger partial charge in [-0.2, -0.15) is 0 Å². The van der Waals surface area contributed by atoms with E-state index < -0.39 is 6.10 Å². The summed E-state index contributed by atoms with van der Waals surface area (Å²) in [5.41, 5.74) is 0.692. The smallest absolute Gasteiger partial charge is 0.321 e. The van der Waals surface area contributed by atoms with Crippen LogP contribution in [0.5, 0.6) is 5.75 Å². The third kappa shape index (κ3) is 3.61. The number of methoxy groups -OCH3 is 1. The second kappa shape index (κ2) is 6.25. The summed E-state index contributed by atoms with van der Waals surface area (Å²) in [7, 11) is 1.59. The molecular weight excluding hydrogens is 312 g/mol. The van der Waals surface area contributed by atoms with Crippen molar-refractivity contribution in [1.82, 2.24) is 4.90 Å². The molecule has 19 heavy (non-hydrogen) atoms. The molecule has 1 heterocycles. The number of carbonyl (C=O) groups is 1. The Morgan fingerprint density at radius 3 is 3.00 bits per heavy atom. The van der Waals surface area contributed by atoms with Crippen LogP contribution in [0.3, 0.4) is 0 Å². The van der Waals surface area contributed by atoms with E-state index in [1.807, 2.05) is 0 Å². The molecule has 0 aliphatic carbocycles. The molecule has 2 amide bonds. The molecule has 1 unspecified atom stereocenters. The maximum absolute atomic E-state index is 12.0. The first kappa shape index (κ1) is 14.1. The van der Waals surface area contributed by atoms with Crippen molar-refractivity contribution >= 4 is 27.6 Å². The largest absolute Gasteiger partial charge is 0.496 e. The minimum absolute atomic E-state index is 0.184. The normalized spacial score (nSPS) is 19.1. The predicted octanol–water partition coefficient (Wildman–Crippen LogP) is 2.45. The molecule has 104 valence electrons. The third-order valence-corrected chi connectivity index (χ3v) is 3.71. The monoisotopic (exact) mass is 328 g/mol. The van der Waals surface area contributed by atoms with Crippen molar-refractivity contribution in [2.24, 2.45) is 0 Å². The molecule has 0 bridgehead atoms. The van der Waals surface area contributed by atoms with Gasteiger partial charge in [-0.3, -0.25) is 0 Å². The molecule has 1 atom stereocenters. The summed E-state index contributed by atoms with van der Waals surface area (Å²) in [6.07, 6.45) is 1.18. The van der Waals surface area contributed by atoms with Gasteiger partial charge in [-0.05, 0) is 47.0 Å². The van der Waals surface area contributed by atoms with Crippen molar-refractivity contribution in [3.63, 3.8) is 0 Å². The number of β-amino-alcohol motifs (C(OH)–C–C–N with tert-alkyl or cyclic N) is 1. The summed E-state index contributed by atoms with van der Waals surface area (Å²) in [6.45, 7) is 1.07. The van der Waals surface area contributed by atoms with Gasteiger partial charge in [-0.15, -0.1) is 0 Å². The van der Waals surface area contributed by atoms with Crippen LogP contribution in [0.25, 0.3) is 0 Å². The first-order valence-electron chi connectivity index (χ1n) is 6.17. The van der Waals surface area contributed by atoms with E-state index in [0.717, 1.165) is 17.3 Å². The highest BCUT2D eigenvalue weighted by Crippen LogP contribution is 2.27. The number of carbonyl (C=O) groups excluding carboxylic acids is 1. The summed E-state index contributed by atoms with van der Waals surface area (Å²) in [6, 6.07) is 5.17. The Balaban J connectivity index is 2.00. The molecule has 0 radical (unpaired) electrons. The molecule has 2 rings (SSSR count). The number of piperidine rings is 1. The van der Waals surface area contributed by atoms with Crippen molar-refractivity contribution in [2.45, 2.75) is 18.9 Å². The quantitative estimate of drug-likeness (QED) is 0.876. The van der Waals surface area contributed by atoms with E-state index in [2.05, 4.69) is 21.2 Å². The fraction of sp³-hybridized carbons (Fsp3) is 0.462. The fourth-order valence-corrected chi connectivity index (χ4v) is 2.63. The van der Waals surface area contributed by atoms with Gasteiger partial charge < -0.3 is 20.1 Å². The van der Waals surface area contributed by atoms with E-state index in [4.69, 9.17) is 4.74 Å². The first-order valence-corrected chi connectivity index (χ1v) is 6.97. The lowest BCUT2D eigenvalue weighted by atomic mass is 10.1. The van der Waals surface area contributed by atoms with Gasteiger partial charge in [0.05, 0.1) is 17.7 Å². The highest BCUT2D eigenvalue weighted by Gasteiger charge is 2.22. The van der Waals surface area contributed by atoms with Crippen LogP contribution in [-0.4, -0.2) is 42.3 Å². The predicted molar refractivity (Wildman–Crippen MR) is 76.5 cm³/mol. The number of hydrogen-bond donors (Lipinski definition) is 2. The standard InChI is InChI=1S/C13H17BrN2O3/c1-19-12-5-4-9(7-11(12)14)15-13(18)16-6-2-3-10(17)8-16/h4-5,7,10,17H,2-3,6,8H2,1H3,(H,15,18). The summed E-state index contributed by atoms with van der Waals surface area (Å²) in [5.74, 6) is 0.714. The second-order valence-corrected chi connectivity index (χ2v) is 5.38. The van der Waals surface area contributed by atoms with Crippen molar-refractivity contribution in [2.75, 3.05) is 25.5 Å². The maximum Gasteiger partial charge on any atom is 0.321 e. The van der Waals surface area contributed by atoms with Crippen molar-refractivity contribution < 1.29 is 14.6 Å². The van der Waals surface area contributed by atoms with Crippen LogP contribution < -0.4 is 10.1 Å². The Bertz CT molecular complexity index is 467. The SMILES string of the molecule is COc1ccc(NC(=O)N2CCCC(O)C2)cc1Br. The number of amides is 2. The fourth-order valence-electron chi connectivity index (χ4n) is 2.09. The number of likely N-dealkylation sites (tertiary alicyclic amines) is 1. The average molecular weight is 329 g/mol. The van der Waals surface area contributed by atoms with Crippen LogP contribution in [0.2, 0.25) is 0 Å². The highest BCUT2D eigenvalue weighted by atomic mass is 79.9. The molecule has 1 saturated heterocycles. The van der Waals surface area contributed by atoms with Crippen LogP contribution in [0.4, 0.5) is 10.5 Å². The third-order valence-electron chi connectivity index (χ3n) is 3.09. The Hall–Kier alpha value is -1.27. The van der Waals surface area contributed by atoms with Gasteiger partial charge in [0, 0.05) is 18.8 Å². The molecule has 0 aromatic heterocycles. The number of benzene rings is 1. The molecule has 1 aliphatic heterocycles. The van der Waals surface area contributed by atoms with Crippen LogP contribution in [-0.2, 0) is 0 Å². The van der Waals surface area contributed by atoms with Gasteiger partial charge in [-0.1, -0.05) is 0 Å². The van der Waals surface area contributed by atoms with Crippen molar-refractivity contribution in [1.29, 1.82) is 0 Å². The number of rotatable bonds is 2. The molecule has 1 aromatic rings. The van der Waals surface area contributed by atoms with Crippen LogP contribution in [0.15, 0.2) is 22.7 Å². The average Bonchev–Trinajstić information content (AvgIpc) is 2.39. The van der Waals surface area contributed by atoms with Gasteiger partial charge >= 0.3 is 6.03 Å². The summed E-state index contributed by atoms with van der Waals surface area (Å²) < 4.78 is 5.92. The van der Waals surface area contributed by atoms with Gasteiger partial charge in [0.25, 0.3) is 0 Å². The molecule has 0 saturated carbocycles. The molecule has 5 nitrogen and oxygen atoms in total. The molecule has 1 fully saturated rings. The summed E-state index contributed by atoms with van der Waals surface area (Å²) >= 11 is 3.37. The van der Waals surface area contributed by atoms with Crippen LogP contribution >= 0.6 is 15.9 Å². The number of halogens is 1. The van der Waals surface area contributed by atoms with E-state index in [1.54, 1.807) is 30.2 Å². The Morgan fingerprint density at radius 2 is 2.37 bits per heavy atom. The Labute approximate surface area is 120 Å². The van der Waals surface area contributed by atoms with Crippen LogP contribution in [0.1, 0.15) is 12.8 Å². The van der Waals surface area contributed by atoms with E-state index in [-0.39, 0.29) is 6.03 Å².